The highest BCUT2D eigenvalue weighted by atomic mass is 32.2. The highest BCUT2D eigenvalue weighted by Gasteiger charge is 2.37. The first kappa shape index (κ1) is 11.4. The number of nitrogens with zero attached hydrogens (tertiary/aromatic N) is 2. The molecule has 1 fully saturated rings. The van der Waals surface area contributed by atoms with E-state index in [9.17, 15) is 8.42 Å². The van der Waals surface area contributed by atoms with Gasteiger partial charge < -0.3 is 10.3 Å². The van der Waals surface area contributed by atoms with Crippen molar-refractivity contribution in [3.8, 4) is 0 Å². The monoisotopic (exact) mass is 244 g/mol. The van der Waals surface area contributed by atoms with Gasteiger partial charge in [0.15, 0.2) is 10.8 Å². The summed E-state index contributed by atoms with van der Waals surface area (Å²) in [5, 5.41) is 0.0422. The average molecular weight is 244 g/mol. The third-order valence-corrected chi connectivity index (χ3v) is 4.77. The fraction of sp³-hybridized carbons (Fsp3) is 0.667. The van der Waals surface area contributed by atoms with Crippen LogP contribution >= 0.6 is 0 Å². The van der Waals surface area contributed by atoms with Gasteiger partial charge in [0.05, 0.1) is 6.33 Å². The molecule has 0 radical (unpaired) electrons. The maximum Gasteiger partial charge on any atom is 0.260 e. The van der Waals surface area contributed by atoms with Crippen LogP contribution in [0.2, 0.25) is 0 Å². The SMILES string of the molecule is Cn1cnc(N)c1S(=O)(=O)NC1(C)CCC1. The summed E-state index contributed by atoms with van der Waals surface area (Å²) in [5.74, 6) is 0.0397. The highest BCUT2D eigenvalue weighted by molar-refractivity contribution is 7.89. The predicted octanol–water partition coefficient (Wildman–Crippen LogP) is 0.223. The van der Waals surface area contributed by atoms with Crippen LogP contribution in [-0.2, 0) is 17.1 Å². The molecule has 1 aromatic rings. The molecule has 6 nitrogen and oxygen atoms in total. The normalized spacial score (nSPS) is 19.4. The first-order valence-corrected chi connectivity index (χ1v) is 6.63. The topological polar surface area (TPSA) is 90.0 Å². The molecule has 0 spiro atoms. The molecule has 3 N–H and O–H groups in total. The van der Waals surface area contributed by atoms with Crippen LogP contribution < -0.4 is 10.5 Å². The summed E-state index contributed by atoms with van der Waals surface area (Å²) in [6.45, 7) is 1.90. The van der Waals surface area contributed by atoms with Crippen molar-refractivity contribution in [3.63, 3.8) is 0 Å². The third kappa shape index (κ3) is 1.80. The van der Waals surface area contributed by atoms with Crippen LogP contribution in [0.5, 0.6) is 0 Å². The van der Waals surface area contributed by atoms with Crippen molar-refractivity contribution in [1.82, 2.24) is 14.3 Å². The second-order valence-corrected chi connectivity index (χ2v) is 6.16. The summed E-state index contributed by atoms with van der Waals surface area (Å²) in [7, 11) is -1.96. The lowest BCUT2D eigenvalue weighted by atomic mass is 9.80. The van der Waals surface area contributed by atoms with Crippen molar-refractivity contribution >= 4 is 15.8 Å². The molecule has 1 aliphatic rings. The quantitative estimate of drug-likeness (QED) is 0.796. The minimum absolute atomic E-state index is 0.0397. The number of nitrogens with two attached hydrogens (primary N) is 1. The molecule has 2 rings (SSSR count). The largest absolute Gasteiger partial charge is 0.381 e. The van der Waals surface area contributed by atoms with Crippen molar-refractivity contribution in [3.05, 3.63) is 6.33 Å². The van der Waals surface area contributed by atoms with E-state index >= 15 is 0 Å². The Kier molecular flexibility index (Phi) is 2.47. The fourth-order valence-electron chi connectivity index (χ4n) is 1.95. The van der Waals surface area contributed by atoms with Gasteiger partial charge in [-0.05, 0) is 26.2 Å². The number of nitrogen functional groups attached to an aromatic ring is 1. The number of hydrogen-bond acceptors (Lipinski definition) is 4. The lowest BCUT2D eigenvalue weighted by Crippen LogP contribution is -2.51. The highest BCUT2D eigenvalue weighted by Crippen LogP contribution is 2.33. The van der Waals surface area contributed by atoms with Gasteiger partial charge in [0, 0.05) is 12.6 Å². The van der Waals surface area contributed by atoms with Gasteiger partial charge in [0.1, 0.15) is 0 Å². The Morgan fingerprint density at radius 1 is 1.56 bits per heavy atom. The first-order valence-electron chi connectivity index (χ1n) is 5.15. The van der Waals surface area contributed by atoms with Gasteiger partial charge in [0.25, 0.3) is 10.0 Å². The molecule has 0 aliphatic heterocycles. The number of imidazole rings is 1. The number of rotatable bonds is 3. The smallest absolute Gasteiger partial charge is 0.260 e. The molecule has 0 bridgehead atoms. The van der Waals surface area contributed by atoms with Gasteiger partial charge >= 0.3 is 0 Å². The lowest BCUT2D eigenvalue weighted by molar-refractivity contribution is 0.247. The predicted molar refractivity (Wildman–Crippen MR) is 60.2 cm³/mol. The van der Waals surface area contributed by atoms with Gasteiger partial charge in [-0.1, -0.05) is 0 Å². The molecule has 0 atom stereocenters. The van der Waals surface area contributed by atoms with Crippen LogP contribution in [0.25, 0.3) is 0 Å². The Hall–Kier alpha value is -1.08. The van der Waals surface area contributed by atoms with Crippen LogP contribution in [0.1, 0.15) is 26.2 Å². The standard InChI is InChI=1S/C9H16N4O2S/c1-9(4-3-5-9)12-16(14,15)8-7(10)11-6-13(8)2/h6,12H,3-5,10H2,1-2H3. The van der Waals surface area contributed by atoms with Gasteiger partial charge in [-0.3, -0.25) is 0 Å². The van der Waals surface area contributed by atoms with Crippen molar-refractivity contribution in [2.24, 2.45) is 7.05 Å². The fourth-order valence-corrected chi connectivity index (χ4v) is 3.65. The van der Waals surface area contributed by atoms with E-state index in [4.69, 9.17) is 5.73 Å². The Bertz CT molecular complexity index is 482. The first-order chi connectivity index (χ1) is 7.34. The molecule has 90 valence electrons. The molecule has 1 aliphatic carbocycles. The van der Waals surface area contributed by atoms with Crippen molar-refractivity contribution in [2.75, 3.05) is 5.73 Å². The molecule has 7 heteroatoms. The molecule has 0 aromatic carbocycles. The molecule has 0 amide bonds. The van der Waals surface area contributed by atoms with E-state index < -0.39 is 10.0 Å². The van der Waals surface area contributed by atoms with Crippen LogP contribution in [0.4, 0.5) is 5.82 Å². The van der Waals surface area contributed by atoms with E-state index in [1.165, 1.54) is 10.9 Å². The van der Waals surface area contributed by atoms with E-state index in [2.05, 4.69) is 9.71 Å². The number of aromatic nitrogens is 2. The number of nitrogens with one attached hydrogen (secondary N) is 1. The van der Waals surface area contributed by atoms with Crippen LogP contribution in [0.3, 0.4) is 0 Å². The van der Waals surface area contributed by atoms with E-state index in [0.29, 0.717) is 0 Å². The van der Waals surface area contributed by atoms with Crippen molar-refractivity contribution in [2.45, 2.75) is 36.8 Å². The number of hydrogen-bond donors (Lipinski definition) is 2. The number of anilines is 1. The Labute approximate surface area is 94.9 Å². The zero-order valence-electron chi connectivity index (χ0n) is 9.40. The second kappa shape index (κ2) is 3.46. The van der Waals surface area contributed by atoms with Crippen LogP contribution in [-0.4, -0.2) is 23.5 Å². The van der Waals surface area contributed by atoms with Crippen molar-refractivity contribution in [1.29, 1.82) is 0 Å². The summed E-state index contributed by atoms with van der Waals surface area (Å²) in [6, 6.07) is 0. The molecular weight excluding hydrogens is 228 g/mol. The summed E-state index contributed by atoms with van der Waals surface area (Å²) in [5.41, 5.74) is 5.23. The molecule has 1 saturated carbocycles. The molecule has 1 heterocycles. The molecule has 16 heavy (non-hydrogen) atoms. The molecule has 0 unspecified atom stereocenters. The van der Waals surface area contributed by atoms with Crippen molar-refractivity contribution < 1.29 is 8.42 Å². The third-order valence-electron chi connectivity index (χ3n) is 3.00. The maximum absolute atomic E-state index is 12.1. The Balaban J connectivity index is 2.32. The average Bonchev–Trinajstić information content (AvgIpc) is 2.43. The van der Waals surface area contributed by atoms with Gasteiger partial charge in [-0.25, -0.2) is 18.1 Å². The summed E-state index contributed by atoms with van der Waals surface area (Å²) >= 11 is 0. The van der Waals surface area contributed by atoms with Gasteiger partial charge in [-0.15, -0.1) is 0 Å². The molecule has 1 aromatic heterocycles. The minimum atomic E-state index is -3.57. The van der Waals surface area contributed by atoms with E-state index in [1.54, 1.807) is 7.05 Å². The second-order valence-electron chi connectivity index (χ2n) is 4.57. The van der Waals surface area contributed by atoms with E-state index in [-0.39, 0.29) is 16.4 Å². The maximum atomic E-state index is 12.1. The minimum Gasteiger partial charge on any atom is -0.381 e. The van der Waals surface area contributed by atoms with Crippen LogP contribution in [0.15, 0.2) is 11.4 Å². The Morgan fingerprint density at radius 2 is 2.19 bits per heavy atom. The number of sulfonamides is 1. The summed E-state index contributed by atoms with van der Waals surface area (Å²) in [4.78, 5) is 3.78. The molecular formula is C9H16N4O2S. The Morgan fingerprint density at radius 3 is 2.56 bits per heavy atom. The molecule has 0 saturated heterocycles. The zero-order valence-corrected chi connectivity index (χ0v) is 10.2. The summed E-state index contributed by atoms with van der Waals surface area (Å²) < 4.78 is 28.3. The van der Waals surface area contributed by atoms with Crippen LogP contribution in [0, 0.1) is 0 Å². The van der Waals surface area contributed by atoms with Gasteiger partial charge in [0.2, 0.25) is 0 Å². The zero-order chi connectivity index (χ0) is 12.0. The van der Waals surface area contributed by atoms with E-state index in [1.807, 2.05) is 6.92 Å². The lowest BCUT2D eigenvalue weighted by Gasteiger charge is -2.38. The summed E-state index contributed by atoms with van der Waals surface area (Å²) in [6.07, 6.45) is 4.18. The van der Waals surface area contributed by atoms with E-state index in [0.717, 1.165) is 19.3 Å². The van der Waals surface area contributed by atoms with Gasteiger partial charge in [-0.2, -0.15) is 0 Å². The number of aryl methyl sites for hydroxylation is 1.